The second-order valence-electron chi connectivity index (χ2n) is 7.43. The van der Waals surface area contributed by atoms with E-state index in [0.29, 0.717) is 19.1 Å². The van der Waals surface area contributed by atoms with Gasteiger partial charge >= 0.3 is 0 Å². The lowest BCUT2D eigenvalue weighted by atomic mass is 10.2. The summed E-state index contributed by atoms with van der Waals surface area (Å²) in [6.45, 7) is 2.80. The second kappa shape index (κ2) is 8.72. The topological polar surface area (TPSA) is 121 Å². The summed E-state index contributed by atoms with van der Waals surface area (Å²) in [5.41, 5.74) is 0. The van der Waals surface area contributed by atoms with Crippen LogP contribution in [0.3, 0.4) is 0 Å². The lowest BCUT2D eigenvalue weighted by Crippen LogP contribution is -2.52. The van der Waals surface area contributed by atoms with E-state index in [-0.39, 0.29) is 22.2 Å². The minimum absolute atomic E-state index is 0.116. The molecule has 1 aromatic rings. The largest absolute Gasteiger partial charge is 0.342 e. The first-order valence-electron chi connectivity index (χ1n) is 9.76. The van der Waals surface area contributed by atoms with E-state index in [9.17, 15) is 21.6 Å². The molecule has 29 heavy (non-hydrogen) atoms. The van der Waals surface area contributed by atoms with Gasteiger partial charge in [-0.25, -0.2) is 26.3 Å². The number of piperazine rings is 1. The van der Waals surface area contributed by atoms with E-state index in [4.69, 9.17) is 0 Å². The van der Waals surface area contributed by atoms with Crippen LogP contribution >= 0.6 is 0 Å². The van der Waals surface area contributed by atoms with E-state index in [0.717, 1.165) is 13.1 Å². The van der Waals surface area contributed by atoms with Gasteiger partial charge in [0.05, 0.1) is 0 Å². The predicted molar refractivity (Wildman–Crippen MR) is 107 cm³/mol. The minimum atomic E-state index is -4.00. The number of rotatable bonds is 7. The quantitative estimate of drug-likeness (QED) is 0.575. The number of carbonyl (C=O) groups is 1. The number of nitrogens with zero attached hydrogens (tertiary/aromatic N) is 3. The van der Waals surface area contributed by atoms with E-state index in [1.54, 1.807) is 4.90 Å². The molecule has 0 unspecified atom stereocenters. The van der Waals surface area contributed by atoms with Gasteiger partial charge in [0.2, 0.25) is 26.0 Å². The Bertz CT molecular complexity index is 891. The zero-order valence-electron chi connectivity index (χ0n) is 16.8. The summed E-state index contributed by atoms with van der Waals surface area (Å²) in [6, 6.07) is 0.625. The van der Waals surface area contributed by atoms with Gasteiger partial charge in [0.15, 0.2) is 0 Å². The van der Waals surface area contributed by atoms with Gasteiger partial charge in [0.1, 0.15) is 16.3 Å². The van der Waals surface area contributed by atoms with Gasteiger partial charge in [-0.3, -0.25) is 9.69 Å². The first-order valence-corrected chi connectivity index (χ1v) is 12.7. The molecule has 0 bridgehead atoms. The molecule has 0 spiro atoms. The van der Waals surface area contributed by atoms with Gasteiger partial charge in [-0.05, 0) is 26.9 Å². The molecule has 0 radical (unpaired) electrons. The second-order valence-corrected chi connectivity index (χ2v) is 11.1. The van der Waals surface area contributed by atoms with Crippen LogP contribution in [-0.2, 0) is 31.4 Å². The monoisotopic (exact) mass is 447 g/mol. The highest BCUT2D eigenvalue weighted by atomic mass is 32.2. The van der Waals surface area contributed by atoms with Gasteiger partial charge in [-0.2, -0.15) is 0 Å². The van der Waals surface area contributed by atoms with Crippen molar-refractivity contribution in [2.75, 3.05) is 40.3 Å². The van der Waals surface area contributed by atoms with Crippen molar-refractivity contribution >= 4 is 26.0 Å². The standard InChI is InChI=1S/C17H29N5O5S2/c1-18-28(24,25)15-11-20(12-16(15)29(26,27)19-2)13-17(23)22-9-7-21(8-10-22)14-5-3-4-6-14/h11-12,14,18-19H,3-10,13H2,1-2H3. The van der Waals surface area contributed by atoms with Crippen molar-refractivity contribution in [3.05, 3.63) is 12.4 Å². The Morgan fingerprint density at radius 1 is 0.931 bits per heavy atom. The van der Waals surface area contributed by atoms with E-state index in [1.807, 2.05) is 0 Å². The molecule has 1 saturated heterocycles. The van der Waals surface area contributed by atoms with Crippen molar-refractivity contribution in [1.82, 2.24) is 23.8 Å². The highest BCUT2D eigenvalue weighted by Gasteiger charge is 2.30. The van der Waals surface area contributed by atoms with E-state index < -0.39 is 20.0 Å². The summed E-state index contributed by atoms with van der Waals surface area (Å²) in [7, 11) is -5.59. The number of hydrogen-bond donors (Lipinski definition) is 2. The highest BCUT2D eigenvalue weighted by molar-refractivity contribution is 7.92. The molecule has 1 aliphatic heterocycles. The fourth-order valence-electron chi connectivity index (χ4n) is 4.04. The third-order valence-corrected chi connectivity index (χ3v) is 8.76. The van der Waals surface area contributed by atoms with Crippen molar-refractivity contribution in [2.45, 2.75) is 48.1 Å². The molecule has 2 fully saturated rings. The molecule has 2 heterocycles. The summed E-state index contributed by atoms with van der Waals surface area (Å²) in [4.78, 5) is 16.1. The normalized spacial score (nSPS) is 19.7. The van der Waals surface area contributed by atoms with Gasteiger partial charge in [-0.1, -0.05) is 12.8 Å². The Balaban J connectivity index is 1.71. The maximum atomic E-state index is 12.7. The lowest BCUT2D eigenvalue weighted by Gasteiger charge is -2.38. The van der Waals surface area contributed by atoms with Crippen LogP contribution in [0.15, 0.2) is 22.2 Å². The minimum Gasteiger partial charge on any atom is -0.342 e. The lowest BCUT2D eigenvalue weighted by molar-refractivity contribution is -0.133. The Morgan fingerprint density at radius 2 is 1.41 bits per heavy atom. The molecule has 12 heteroatoms. The molecule has 2 N–H and O–H groups in total. The van der Waals surface area contributed by atoms with Crippen LogP contribution in [0.5, 0.6) is 0 Å². The number of nitrogens with one attached hydrogen (secondary N) is 2. The molecular weight excluding hydrogens is 418 g/mol. The number of hydrogen-bond acceptors (Lipinski definition) is 6. The number of amides is 1. The fraction of sp³-hybridized carbons (Fsp3) is 0.706. The first kappa shape index (κ1) is 22.2. The maximum absolute atomic E-state index is 12.7. The van der Waals surface area contributed by atoms with Crippen LogP contribution in [0.4, 0.5) is 0 Å². The molecule has 0 atom stereocenters. The molecule has 164 valence electrons. The molecule has 10 nitrogen and oxygen atoms in total. The van der Waals surface area contributed by atoms with E-state index in [1.165, 1.54) is 56.7 Å². The van der Waals surface area contributed by atoms with Crippen molar-refractivity contribution in [3.8, 4) is 0 Å². The maximum Gasteiger partial charge on any atom is 0.243 e. The molecule has 2 aliphatic rings. The van der Waals surface area contributed by atoms with Crippen LogP contribution in [0.25, 0.3) is 0 Å². The van der Waals surface area contributed by atoms with E-state index >= 15 is 0 Å². The van der Waals surface area contributed by atoms with E-state index in [2.05, 4.69) is 14.3 Å². The summed E-state index contributed by atoms with van der Waals surface area (Å²) < 4.78 is 54.5. The van der Waals surface area contributed by atoms with Crippen LogP contribution < -0.4 is 9.44 Å². The molecular formula is C17H29N5O5S2. The van der Waals surface area contributed by atoms with Crippen molar-refractivity contribution < 1.29 is 21.6 Å². The number of sulfonamides is 2. The Morgan fingerprint density at radius 3 is 1.86 bits per heavy atom. The van der Waals surface area contributed by atoms with Crippen molar-refractivity contribution in [1.29, 1.82) is 0 Å². The molecule has 3 rings (SSSR count). The van der Waals surface area contributed by atoms with Gasteiger partial charge in [-0.15, -0.1) is 0 Å². The van der Waals surface area contributed by atoms with Crippen molar-refractivity contribution in [2.24, 2.45) is 0 Å². The number of carbonyl (C=O) groups excluding carboxylic acids is 1. The van der Waals surface area contributed by atoms with Crippen molar-refractivity contribution in [3.63, 3.8) is 0 Å². The Labute approximate surface area is 172 Å². The fourth-order valence-corrected chi connectivity index (χ4v) is 6.32. The zero-order chi connectivity index (χ0) is 21.2. The van der Waals surface area contributed by atoms with Crippen LogP contribution in [0.1, 0.15) is 25.7 Å². The summed E-state index contributed by atoms with van der Waals surface area (Å²) in [6.07, 6.45) is 7.36. The average Bonchev–Trinajstić information content (AvgIpc) is 3.39. The van der Waals surface area contributed by atoms with Crippen LogP contribution in [-0.4, -0.2) is 83.4 Å². The third-order valence-electron chi connectivity index (χ3n) is 5.75. The van der Waals surface area contributed by atoms with Crippen LogP contribution in [0.2, 0.25) is 0 Å². The first-order chi connectivity index (χ1) is 13.7. The molecule has 1 aliphatic carbocycles. The van der Waals surface area contributed by atoms with Gasteiger partial charge < -0.3 is 9.47 Å². The van der Waals surface area contributed by atoms with Gasteiger partial charge in [0, 0.05) is 44.6 Å². The summed E-state index contributed by atoms with van der Waals surface area (Å²) >= 11 is 0. The smallest absolute Gasteiger partial charge is 0.243 e. The molecule has 1 saturated carbocycles. The van der Waals surface area contributed by atoms with Gasteiger partial charge in [0.25, 0.3) is 0 Å². The number of aromatic nitrogens is 1. The zero-order valence-corrected chi connectivity index (χ0v) is 18.4. The summed E-state index contributed by atoms with van der Waals surface area (Å²) in [5, 5.41) is 0. The molecule has 1 aromatic heterocycles. The average molecular weight is 448 g/mol. The summed E-state index contributed by atoms with van der Waals surface area (Å²) in [5.74, 6) is -0.159. The van der Waals surface area contributed by atoms with Crippen LogP contribution in [0, 0.1) is 0 Å². The highest BCUT2D eigenvalue weighted by Crippen LogP contribution is 2.25. The SMILES string of the molecule is CNS(=O)(=O)c1cn(CC(=O)N2CCN(C3CCCC3)CC2)cc1S(=O)(=O)NC. The Hall–Kier alpha value is -1.47. The molecule has 1 amide bonds. The Kier molecular flexibility index (Phi) is 6.68. The third kappa shape index (κ3) is 4.82. The predicted octanol–water partition coefficient (Wildman–Crippen LogP) is -0.609. The molecule has 0 aromatic carbocycles.